The molecule has 3 aromatic rings. The summed E-state index contributed by atoms with van der Waals surface area (Å²) >= 11 is 3.49. The predicted octanol–water partition coefficient (Wildman–Crippen LogP) is 2.83. The van der Waals surface area contributed by atoms with Gasteiger partial charge in [0, 0.05) is 22.9 Å². The fourth-order valence-corrected chi connectivity index (χ4v) is 2.24. The van der Waals surface area contributed by atoms with Crippen molar-refractivity contribution < 1.29 is 4.74 Å². The number of ether oxygens (including phenoxy) is 1. The molecule has 3 N–H and O–H groups in total. The van der Waals surface area contributed by atoms with Gasteiger partial charge in [0.1, 0.15) is 11.6 Å². The van der Waals surface area contributed by atoms with Gasteiger partial charge < -0.3 is 20.2 Å². The Bertz CT molecular complexity index is 771. The summed E-state index contributed by atoms with van der Waals surface area (Å²) in [6.07, 6.45) is 5.23. The van der Waals surface area contributed by atoms with E-state index in [9.17, 15) is 0 Å². The van der Waals surface area contributed by atoms with Crippen molar-refractivity contribution >= 4 is 38.9 Å². The largest absolute Gasteiger partial charge is 0.497 e. The van der Waals surface area contributed by atoms with E-state index in [1.54, 1.807) is 19.5 Å². The molecule has 1 aromatic carbocycles. The van der Waals surface area contributed by atoms with Gasteiger partial charge in [-0.05, 0) is 28.1 Å². The van der Waals surface area contributed by atoms with E-state index in [2.05, 4.69) is 31.2 Å². The first-order chi connectivity index (χ1) is 9.67. The third kappa shape index (κ3) is 2.27. The number of nitrogen functional groups attached to an aromatic ring is 1. The second-order valence-electron chi connectivity index (χ2n) is 4.14. The lowest BCUT2D eigenvalue weighted by Crippen LogP contribution is -2.02. The first-order valence-electron chi connectivity index (χ1n) is 5.87. The molecule has 102 valence electrons. The molecule has 0 unspecified atom stereocenters. The number of hydrogen-bond donors (Lipinski definition) is 2. The normalized spacial score (nSPS) is 10.7. The van der Waals surface area contributed by atoms with Crippen LogP contribution in [-0.2, 0) is 0 Å². The summed E-state index contributed by atoms with van der Waals surface area (Å²) in [6.45, 7) is 0. The number of anilines is 3. The third-order valence-corrected chi connectivity index (χ3v) is 3.51. The molecule has 7 heteroatoms. The Morgan fingerprint density at radius 2 is 2.25 bits per heavy atom. The Labute approximate surface area is 123 Å². The molecule has 0 aliphatic rings. The second kappa shape index (κ2) is 5.01. The molecule has 6 nitrogen and oxygen atoms in total. The summed E-state index contributed by atoms with van der Waals surface area (Å²) in [7, 11) is 1.62. The molecule has 0 spiro atoms. The lowest BCUT2D eigenvalue weighted by molar-refractivity contribution is 0.415. The summed E-state index contributed by atoms with van der Waals surface area (Å²) in [4.78, 5) is 8.55. The Morgan fingerprint density at radius 1 is 1.40 bits per heavy atom. The molecular weight excluding hydrogens is 322 g/mol. The summed E-state index contributed by atoms with van der Waals surface area (Å²) < 4.78 is 7.93. The van der Waals surface area contributed by atoms with E-state index in [4.69, 9.17) is 10.5 Å². The predicted molar refractivity (Wildman–Crippen MR) is 81.4 cm³/mol. The molecule has 0 bridgehead atoms. The van der Waals surface area contributed by atoms with Crippen LogP contribution in [0.4, 0.5) is 17.3 Å². The van der Waals surface area contributed by atoms with Crippen molar-refractivity contribution in [3.05, 3.63) is 41.3 Å². The molecule has 0 atom stereocenters. The van der Waals surface area contributed by atoms with Gasteiger partial charge in [-0.3, -0.25) is 0 Å². The van der Waals surface area contributed by atoms with Crippen molar-refractivity contribution in [3.8, 4) is 5.75 Å². The highest BCUT2D eigenvalue weighted by Gasteiger charge is 2.09. The molecular formula is C13H12BrN5O. The summed E-state index contributed by atoms with van der Waals surface area (Å²) in [5.74, 6) is 1.75. The minimum absolute atomic E-state index is 0.414. The number of rotatable bonds is 3. The van der Waals surface area contributed by atoms with Gasteiger partial charge in [0.25, 0.3) is 0 Å². The number of aromatic nitrogens is 3. The van der Waals surface area contributed by atoms with Crippen LogP contribution in [0.25, 0.3) is 5.65 Å². The fourth-order valence-electron chi connectivity index (χ4n) is 1.89. The van der Waals surface area contributed by atoms with Gasteiger partial charge in [-0.15, -0.1) is 0 Å². The molecule has 3 rings (SSSR count). The van der Waals surface area contributed by atoms with Crippen LogP contribution in [0.1, 0.15) is 0 Å². The van der Waals surface area contributed by atoms with Gasteiger partial charge in [-0.2, -0.15) is 0 Å². The fraction of sp³-hybridized carbons (Fsp3) is 0.0769. The number of methoxy groups -OCH3 is 1. The number of fused-ring (bicyclic) bond motifs is 1. The molecule has 2 heterocycles. The number of halogens is 1. The SMILES string of the molecule is COc1ccc(Br)c(Nc2nc(N)cn3ccnc23)c1. The standard InChI is InChI=1S/C13H12BrN5O/c1-20-8-2-3-9(14)10(6-8)17-12-13-16-4-5-19(13)7-11(15)18-12/h2-7H,15H2,1H3,(H,17,18). The maximum atomic E-state index is 5.80. The van der Waals surface area contributed by atoms with Crippen molar-refractivity contribution in [1.29, 1.82) is 0 Å². The van der Waals surface area contributed by atoms with Crippen molar-refractivity contribution in [2.24, 2.45) is 0 Å². The quantitative estimate of drug-likeness (QED) is 0.770. The van der Waals surface area contributed by atoms with Crippen LogP contribution in [0.5, 0.6) is 5.75 Å². The number of hydrogen-bond acceptors (Lipinski definition) is 5. The number of imidazole rings is 1. The van der Waals surface area contributed by atoms with Crippen LogP contribution in [-0.4, -0.2) is 21.5 Å². The number of benzene rings is 1. The number of nitrogens with two attached hydrogens (primary N) is 1. The molecule has 0 aliphatic carbocycles. The van der Waals surface area contributed by atoms with Crippen LogP contribution in [0.2, 0.25) is 0 Å². The van der Waals surface area contributed by atoms with Crippen LogP contribution < -0.4 is 15.8 Å². The van der Waals surface area contributed by atoms with E-state index in [0.717, 1.165) is 15.9 Å². The molecule has 0 radical (unpaired) electrons. The van der Waals surface area contributed by atoms with Gasteiger partial charge in [0.15, 0.2) is 11.5 Å². The van der Waals surface area contributed by atoms with E-state index >= 15 is 0 Å². The molecule has 2 aromatic heterocycles. The highest BCUT2D eigenvalue weighted by molar-refractivity contribution is 9.10. The van der Waals surface area contributed by atoms with E-state index < -0.39 is 0 Å². The molecule has 0 amide bonds. The lowest BCUT2D eigenvalue weighted by atomic mass is 10.3. The minimum atomic E-state index is 0.414. The van der Waals surface area contributed by atoms with Crippen LogP contribution in [0.3, 0.4) is 0 Å². The Morgan fingerprint density at radius 3 is 3.05 bits per heavy atom. The summed E-state index contributed by atoms with van der Waals surface area (Å²) in [6, 6.07) is 5.64. The van der Waals surface area contributed by atoms with Crippen LogP contribution >= 0.6 is 15.9 Å². The Balaban J connectivity index is 2.07. The van der Waals surface area contributed by atoms with Crippen molar-refractivity contribution in [1.82, 2.24) is 14.4 Å². The maximum Gasteiger partial charge on any atom is 0.180 e. The van der Waals surface area contributed by atoms with Gasteiger partial charge in [-0.25, -0.2) is 9.97 Å². The average molecular weight is 334 g/mol. The first kappa shape index (κ1) is 12.7. The van der Waals surface area contributed by atoms with Gasteiger partial charge in [-0.1, -0.05) is 0 Å². The smallest absolute Gasteiger partial charge is 0.180 e. The second-order valence-corrected chi connectivity index (χ2v) is 5.00. The number of nitrogens with one attached hydrogen (secondary N) is 1. The third-order valence-electron chi connectivity index (χ3n) is 2.82. The molecule has 0 fully saturated rings. The molecule has 0 saturated heterocycles. The van der Waals surface area contributed by atoms with Gasteiger partial charge in [0.05, 0.1) is 19.0 Å². The molecule has 20 heavy (non-hydrogen) atoms. The first-order valence-corrected chi connectivity index (χ1v) is 6.66. The van der Waals surface area contributed by atoms with Crippen molar-refractivity contribution in [2.75, 3.05) is 18.2 Å². The minimum Gasteiger partial charge on any atom is -0.497 e. The zero-order valence-corrected chi connectivity index (χ0v) is 12.3. The van der Waals surface area contributed by atoms with E-state index in [-0.39, 0.29) is 0 Å². The maximum absolute atomic E-state index is 5.80. The average Bonchev–Trinajstić information content (AvgIpc) is 2.89. The number of nitrogens with zero attached hydrogens (tertiary/aromatic N) is 3. The van der Waals surface area contributed by atoms with Crippen LogP contribution in [0.15, 0.2) is 41.3 Å². The zero-order valence-electron chi connectivity index (χ0n) is 10.7. The Hall–Kier alpha value is -2.28. The Kier molecular flexibility index (Phi) is 3.19. The van der Waals surface area contributed by atoms with E-state index in [1.165, 1.54) is 0 Å². The van der Waals surface area contributed by atoms with Crippen molar-refractivity contribution in [3.63, 3.8) is 0 Å². The van der Waals surface area contributed by atoms with Gasteiger partial charge in [0.2, 0.25) is 0 Å². The van der Waals surface area contributed by atoms with E-state index in [1.807, 2.05) is 28.8 Å². The molecule has 0 saturated carbocycles. The van der Waals surface area contributed by atoms with Crippen molar-refractivity contribution in [2.45, 2.75) is 0 Å². The van der Waals surface area contributed by atoms with E-state index in [0.29, 0.717) is 17.3 Å². The highest BCUT2D eigenvalue weighted by atomic mass is 79.9. The van der Waals surface area contributed by atoms with Crippen LogP contribution in [0, 0.1) is 0 Å². The highest BCUT2D eigenvalue weighted by Crippen LogP contribution is 2.30. The van der Waals surface area contributed by atoms with Gasteiger partial charge >= 0.3 is 0 Å². The summed E-state index contributed by atoms with van der Waals surface area (Å²) in [5, 5.41) is 3.22. The zero-order chi connectivity index (χ0) is 14.1. The monoisotopic (exact) mass is 333 g/mol. The topological polar surface area (TPSA) is 77.5 Å². The lowest BCUT2D eigenvalue weighted by Gasteiger charge is -2.11. The molecule has 0 aliphatic heterocycles. The summed E-state index contributed by atoms with van der Waals surface area (Å²) in [5.41, 5.74) is 7.32.